The molecule has 1 aliphatic heterocycles. The maximum Gasteiger partial charge on any atom is 0.261 e. The predicted molar refractivity (Wildman–Crippen MR) is 59.8 cm³/mol. The minimum Gasteiger partial charge on any atom is -0.375 e. The third kappa shape index (κ3) is 3.89. The average Bonchev–Trinajstić information content (AvgIpc) is 2.18. The fourth-order valence-electron chi connectivity index (χ4n) is 1.70. The number of carbonyl (C=O) groups excluding carboxylic acids is 1. The van der Waals surface area contributed by atoms with E-state index in [0.29, 0.717) is 19.0 Å². The third-order valence-electron chi connectivity index (χ3n) is 3.18. The number of halogens is 2. The van der Waals surface area contributed by atoms with Crippen LogP contribution in [0.1, 0.15) is 20.3 Å². The van der Waals surface area contributed by atoms with E-state index >= 15 is 0 Å². The lowest BCUT2D eigenvalue weighted by molar-refractivity contribution is -0.141. The van der Waals surface area contributed by atoms with Crippen LogP contribution in [0.3, 0.4) is 0 Å². The van der Waals surface area contributed by atoms with E-state index in [1.807, 2.05) is 13.8 Å². The lowest BCUT2D eigenvalue weighted by atomic mass is 9.80. The highest BCUT2D eigenvalue weighted by atomic mass is 19.3. The Hall–Kier alpha value is -0.750. The van der Waals surface area contributed by atoms with Crippen LogP contribution in [0.4, 0.5) is 8.78 Å². The summed E-state index contributed by atoms with van der Waals surface area (Å²) >= 11 is 0. The Kier molecular flexibility index (Phi) is 4.82. The second kappa shape index (κ2) is 5.73. The van der Waals surface area contributed by atoms with Gasteiger partial charge in [0.1, 0.15) is 6.61 Å². The van der Waals surface area contributed by atoms with Crippen LogP contribution in [0.5, 0.6) is 0 Å². The van der Waals surface area contributed by atoms with Crippen LogP contribution in [0.2, 0.25) is 0 Å². The van der Waals surface area contributed by atoms with E-state index in [1.165, 1.54) is 0 Å². The van der Waals surface area contributed by atoms with E-state index in [-0.39, 0.29) is 24.5 Å². The summed E-state index contributed by atoms with van der Waals surface area (Å²) in [4.78, 5) is 13.2. The van der Waals surface area contributed by atoms with Crippen LogP contribution in [-0.4, -0.2) is 49.1 Å². The molecule has 6 heteroatoms. The molecule has 1 fully saturated rings. The van der Waals surface area contributed by atoms with E-state index in [2.05, 4.69) is 4.74 Å². The number of nitrogens with zero attached hydrogens (tertiary/aromatic N) is 1. The van der Waals surface area contributed by atoms with E-state index in [0.717, 1.165) is 0 Å². The van der Waals surface area contributed by atoms with Crippen LogP contribution < -0.4 is 5.73 Å². The van der Waals surface area contributed by atoms with E-state index in [9.17, 15) is 13.6 Å². The van der Waals surface area contributed by atoms with Gasteiger partial charge in [-0.15, -0.1) is 0 Å². The Bertz CT molecular complexity index is 266. The van der Waals surface area contributed by atoms with Gasteiger partial charge < -0.3 is 15.4 Å². The van der Waals surface area contributed by atoms with Crippen LogP contribution in [0.25, 0.3) is 0 Å². The number of hydrogen-bond donors (Lipinski definition) is 1. The van der Waals surface area contributed by atoms with Gasteiger partial charge in [-0.25, -0.2) is 8.78 Å². The summed E-state index contributed by atoms with van der Waals surface area (Å²) in [6.07, 6.45) is -2.34. The Morgan fingerprint density at radius 2 is 2.06 bits per heavy atom. The smallest absolute Gasteiger partial charge is 0.261 e. The maximum absolute atomic E-state index is 11.7. The van der Waals surface area contributed by atoms with Gasteiger partial charge >= 0.3 is 0 Å². The van der Waals surface area contributed by atoms with Crippen LogP contribution in [0.15, 0.2) is 0 Å². The SMILES string of the molecule is CC(C)C1(N)CN(C(=O)CCOCC(F)F)C1. The molecule has 0 atom stereocenters. The zero-order chi connectivity index (χ0) is 13.1. The molecule has 0 radical (unpaired) electrons. The molecule has 1 rings (SSSR count). The van der Waals surface area contributed by atoms with Crippen molar-refractivity contribution in [1.29, 1.82) is 0 Å². The van der Waals surface area contributed by atoms with Crippen LogP contribution >= 0.6 is 0 Å². The average molecular weight is 250 g/mol. The van der Waals surface area contributed by atoms with Crippen molar-refractivity contribution in [2.24, 2.45) is 11.7 Å². The number of nitrogens with two attached hydrogens (primary N) is 1. The molecule has 2 N–H and O–H groups in total. The first-order valence-corrected chi connectivity index (χ1v) is 5.77. The van der Waals surface area contributed by atoms with Crippen molar-refractivity contribution in [1.82, 2.24) is 4.90 Å². The first kappa shape index (κ1) is 14.3. The zero-order valence-corrected chi connectivity index (χ0v) is 10.3. The summed E-state index contributed by atoms with van der Waals surface area (Å²) in [6.45, 7) is 4.55. The summed E-state index contributed by atoms with van der Waals surface area (Å²) in [5, 5.41) is 0. The number of likely N-dealkylation sites (tertiary alicyclic amines) is 1. The Labute approximate surface area is 100 Å². The number of alkyl halides is 2. The summed E-state index contributed by atoms with van der Waals surface area (Å²) in [7, 11) is 0. The quantitative estimate of drug-likeness (QED) is 0.711. The topological polar surface area (TPSA) is 55.6 Å². The van der Waals surface area contributed by atoms with Gasteiger partial charge in [0, 0.05) is 13.1 Å². The Morgan fingerprint density at radius 1 is 1.47 bits per heavy atom. The molecule has 0 aromatic heterocycles. The summed E-state index contributed by atoms with van der Waals surface area (Å²) in [5.74, 6) is 0.239. The summed E-state index contributed by atoms with van der Waals surface area (Å²) < 4.78 is 28.2. The number of carbonyl (C=O) groups is 1. The van der Waals surface area contributed by atoms with Gasteiger partial charge in [0.05, 0.1) is 18.6 Å². The van der Waals surface area contributed by atoms with E-state index < -0.39 is 13.0 Å². The Morgan fingerprint density at radius 3 is 2.53 bits per heavy atom. The highest BCUT2D eigenvalue weighted by Gasteiger charge is 2.43. The number of amides is 1. The fourth-order valence-corrected chi connectivity index (χ4v) is 1.70. The van der Waals surface area contributed by atoms with Gasteiger partial charge in [0.2, 0.25) is 5.91 Å². The van der Waals surface area contributed by atoms with Crippen molar-refractivity contribution >= 4 is 5.91 Å². The van der Waals surface area contributed by atoms with Crippen LogP contribution in [0, 0.1) is 5.92 Å². The second-order valence-corrected chi connectivity index (χ2v) is 4.85. The fraction of sp³-hybridized carbons (Fsp3) is 0.909. The van der Waals surface area contributed by atoms with E-state index in [4.69, 9.17) is 5.73 Å². The number of ether oxygens (including phenoxy) is 1. The minimum absolute atomic E-state index is 0.0406. The lowest BCUT2D eigenvalue weighted by Crippen LogP contribution is -2.71. The molecular weight excluding hydrogens is 230 g/mol. The molecule has 1 amide bonds. The molecule has 0 spiro atoms. The first-order valence-electron chi connectivity index (χ1n) is 5.77. The summed E-state index contributed by atoms with van der Waals surface area (Å²) in [6, 6.07) is 0. The molecule has 0 bridgehead atoms. The van der Waals surface area contributed by atoms with Gasteiger partial charge in [-0.3, -0.25) is 4.79 Å². The summed E-state index contributed by atoms with van der Waals surface area (Å²) in [5.41, 5.74) is 5.75. The monoisotopic (exact) mass is 250 g/mol. The molecule has 17 heavy (non-hydrogen) atoms. The van der Waals surface area contributed by atoms with Crippen molar-refractivity contribution in [2.75, 3.05) is 26.3 Å². The van der Waals surface area contributed by atoms with Crippen molar-refractivity contribution in [2.45, 2.75) is 32.2 Å². The Balaban J connectivity index is 2.15. The number of hydrogen-bond acceptors (Lipinski definition) is 3. The van der Waals surface area contributed by atoms with Crippen LogP contribution in [-0.2, 0) is 9.53 Å². The molecule has 1 saturated heterocycles. The standard InChI is InChI=1S/C11H20F2N2O2/c1-8(2)11(14)6-15(7-11)10(16)3-4-17-5-9(12)13/h8-9H,3-7,14H2,1-2H3. The normalized spacial score (nSPS) is 18.6. The van der Waals surface area contributed by atoms with Gasteiger partial charge in [0.25, 0.3) is 6.43 Å². The van der Waals surface area contributed by atoms with Crippen molar-refractivity contribution in [3.63, 3.8) is 0 Å². The molecule has 4 nitrogen and oxygen atoms in total. The third-order valence-corrected chi connectivity index (χ3v) is 3.18. The van der Waals surface area contributed by atoms with Crippen molar-refractivity contribution < 1.29 is 18.3 Å². The largest absolute Gasteiger partial charge is 0.375 e. The van der Waals surface area contributed by atoms with Crippen molar-refractivity contribution in [3.05, 3.63) is 0 Å². The second-order valence-electron chi connectivity index (χ2n) is 4.85. The zero-order valence-electron chi connectivity index (χ0n) is 10.3. The molecule has 0 aliphatic carbocycles. The van der Waals surface area contributed by atoms with Gasteiger partial charge in [0.15, 0.2) is 0 Å². The molecule has 0 aromatic rings. The number of rotatable bonds is 6. The minimum atomic E-state index is -2.48. The molecule has 0 saturated carbocycles. The molecule has 1 heterocycles. The van der Waals surface area contributed by atoms with Gasteiger partial charge in [-0.2, -0.15) is 0 Å². The van der Waals surface area contributed by atoms with Gasteiger partial charge in [-0.1, -0.05) is 13.8 Å². The molecule has 0 unspecified atom stereocenters. The maximum atomic E-state index is 11.7. The van der Waals surface area contributed by atoms with Gasteiger partial charge in [-0.05, 0) is 5.92 Å². The molecule has 1 aliphatic rings. The predicted octanol–water partition coefficient (Wildman–Crippen LogP) is 0.854. The molecular formula is C11H20F2N2O2. The lowest BCUT2D eigenvalue weighted by Gasteiger charge is -2.50. The highest BCUT2D eigenvalue weighted by Crippen LogP contribution is 2.26. The first-order chi connectivity index (χ1) is 7.85. The highest BCUT2D eigenvalue weighted by molar-refractivity contribution is 5.77. The molecule has 100 valence electrons. The van der Waals surface area contributed by atoms with E-state index in [1.54, 1.807) is 4.90 Å². The van der Waals surface area contributed by atoms with Crippen molar-refractivity contribution in [3.8, 4) is 0 Å². The molecule has 0 aromatic carbocycles.